The summed E-state index contributed by atoms with van der Waals surface area (Å²) in [6.45, 7) is -0.315. The van der Waals surface area contributed by atoms with Gasteiger partial charge in [-0.25, -0.2) is 8.78 Å². The summed E-state index contributed by atoms with van der Waals surface area (Å²) in [6, 6.07) is 8.20. The SMILES string of the molecule is N=C(N)c1cc(F)c(Oc2ccccc2CO)c(F)c1. The minimum atomic E-state index is -0.969. The number of nitrogens with two attached hydrogens (primary N) is 1. The van der Waals surface area contributed by atoms with Crippen LogP contribution in [-0.4, -0.2) is 10.9 Å². The first-order chi connectivity index (χ1) is 9.52. The minimum Gasteiger partial charge on any atom is -0.451 e. The molecule has 0 heterocycles. The number of nitrogens with one attached hydrogen (secondary N) is 1. The molecular weight excluding hydrogens is 266 g/mol. The van der Waals surface area contributed by atoms with Crippen LogP contribution in [0.25, 0.3) is 0 Å². The second-order valence-electron chi connectivity index (χ2n) is 4.05. The summed E-state index contributed by atoms with van der Waals surface area (Å²) in [6.07, 6.45) is 0. The zero-order valence-electron chi connectivity index (χ0n) is 10.4. The van der Waals surface area contributed by atoms with Gasteiger partial charge in [0.1, 0.15) is 11.6 Å². The Morgan fingerprint density at radius 2 is 1.80 bits per heavy atom. The number of ether oxygens (including phenoxy) is 1. The van der Waals surface area contributed by atoms with Gasteiger partial charge in [-0.3, -0.25) is 5.41 Å². The van der Waals surface area contributed by atoms with E-state index in [0.29, 0.717) is 5.56 Å². The predicted octanol–water partition coefficient (Wildman–Crippen LogP) is 2.53. The van der Waals surface area contributed by atoms with E-state index in [1.807, 2.05) is 0 Å². The number of para-hydroxylation sites is 1. The summed E-state index contributed by atoms with van der Waals surface area (Å²) in [4.78, 5) is 0. The monoisotopic (exact) mass is 278 g/mol. The fraction of sp³-hybridized carbons (Fsp3) is 0.0714. The third-order valence-electron chi connectivity index (χ3n) is 2.66. The Balaban J connectivity index is 2.41. The van der Waals surface area contributed by atoms with Crippen LogP contribution < -0.4 is 10.5 Å². The van der Waals surface area contributed by atoms with Gasteiger partial charge < -0.3 is 15.6 Å². The van der Waals surface area contributed by atoms with Gasteiger partial charge in [-0.15, -0.1) is 0 Å². The molecule has 0 unspecified atom stereocenters. The molecule has 0 aliphatic heterocycles. The molecule has 0 aromatic heterocycles. The zero-order valence-corrected chi connectivity index (χ0v) is 10.4. The normalized spacial score (nSPS) is 10.3. The van der Waals surface area contributed by atoms with Crippen molar-refractivity contribution in [3.8, 4) is 11.5 Å². The maximum atomic E-state index is 13.8. The first-order valence-corrected chi connectivity index (χ1v) is 5.73. The lowest BCUT2D eigenvalue weighted by Crippen LogP contribution is -2.12. The quantitative estimate of drug-likeness (QED) is 0.594. The number of aliphatic hydroxyl groups excluding tert-OH is 1. The van der Waals surface area contributed by atoms with Crippen LogP contribution in [0.1, 0.15) is 11.1 Å². The fourth-order valence-electron chi connectivity index (χ4n) is 1.66. The van der Waals surface area contributed by atoms with E-state index in [1.54, 1.807) is 18.2 Å². The summed E-state index contributed by atoms with van der Waals surface area (Å²) >= 11 is 0. The molecule has 6 heteroatoms. The van der Waals surface area contributed by atoms with Crippen molar-refractivity contribution in [2.75, 3.05) is 0 Å². The Morgan fingerprint density at radius 3 is 2.35 bits per heavy atom. The first-order valence-electron chi connectivity index (χ1n) is 5.73. The molecule has 2 rings (SSSR count). The molecule has 0 radical (unpaired) electrons. The second-order valence-corrected chi connectivity index (χ2v) is 4.05. The van der Waals surface area contributed by atoms with Crippen LogP contribution in [-0.2, 0) is 6.61 Å². The molecule has 2 aromatic rings. The summed E-state index contributed by atoms with van der Waals surface area (Å²) < 4.78 is 32.8. The Hall–Kier alpha value is -2.47. The molecule has 0 amide bonds. The van der Waals surface area contributed by atoms with Crippen molar-refractivity contribution in [1.82, 2.24) is 0 Å². The Morgan fingerprint density at radius 1 is 1.20 bits per heavy atom. The largest absolute Gasteiger partial charge is 0.451 e. The van der Waals surface area contributed by atoms with E-state index in [-0.39, 0.29) is 17.9 Å². The lowest BCUT2D eigenvalue weighted by Gasteiger charge is -2.12. The van der Waals surface area contributed by atoms with E-state index in [2.05, 4.69) is 0 Å². The van der Waals surface area contributed by atoms with Gasteiger partial charge in [0, 0.05) is 11.1 Å². The highest BCUT2D eigenvalue weighted by molar-refractivity contribution is 5.95. The van der Waals surface area contributed by atoms with E-state index < -0.39 is 23.2 Å². The van der Waals surface area contributed by atoms with Crippen molar-refractivity contribution in [1.29, 1.82) is 5.41 Å². The van der Waals surface area contributed by atoms with Crippen LogP contribution >= 0.6 is 0 Å². The predicted molar refractivity (Wildman–Crippen MR) is 69.8 cm³/mol. The number of halogens is 2. The number of nitrogen functional groups attached to an aromatic ring is 1. The van der Waals surface area contributed by atoms with E-state index in [4.69, 9.17) is 21.0 Å². The van der Waals surface area contributed by atoms with Crippen molar-refractivity contribution in [2.45, 2.75) is 6.61 Å². The maximum Gasteiger partial charge on any atom is 0.198 e. The summed E-state index contributed by atoms with van der Waals surface area (Å²) in [5, 5.41) is 16.3. The minimum absolute atomic E-state index is 0.0669. The molecule has 0 saturated heterocycles. The van der Waals surface area contributed by atoms with Gasteiger partial charge in [-0.2, -0.15) is 0 Å². The average Bonchev–Trinajstić information content (AvgIpc) is 2.42. The van der Waals surface area contributed by atoms with Crippen molar-refractivity contribution in [3.63, 3.8) is 0 Å². The zero-order chi connectivity index (χ0) is 14.7. The number of amidine groups is 1. The highest BCUT2D eigenvalue weighted by Gasteiger charge is 2.16. The average molecular weight is 278 g/mol. The van der Waals surface area contributed by atoms with E-state index in [0.717, 1.165) is 12.1 Å². The van der Waals surface area contributed by atoms with Gasteiger partial charge in [0.15, 0.2) is 17.4 Å². The summed E-state index contributed by atoms with van der Waals surface area (Å²) in [5.74, 6) is -2.82. The summed E-state index contributed by atoms with van der Waals surface area (Å²) in [7, 11) is 0. The van der Waals surface area contributed by atoms with E-state index in [1.165, 1.54) is 6.07 Å². The lowest BCUT2D eigenvalue weighted by molar-refractivity contribution is 0.275. The Labute approximate surface area is 113 Å². The third kappa shape index (κ3) is 2.75. The molecule has 0 spiro atoms. The Bertz CT molecular complexity index is 636. The number of hydrogen-bond acceptors (Lipinski definition) is 3. The molecule has 0 saturated carbocycles. The Kier molecular flexibility index (Phi) is 3.95. The molecule has 0 aliphatic carbocycles. The highest BCUT2D eigenvalue weighted by Crippen LogP contribution is 2.30. The van der Waals surface area contributed by atoms with Crippen molar-refractivity contribution < 1.29 is 18.6 Å². The third-order valence-corrected chi connectivity index (χ3v) is 2.66. The van der Waals surface area contributed by atoms with E-state index in [9.17, 15) is 8.78 Å². The topological polar surface area (TPSA) is 79.3 Å². The number of rotatable bonds is 4. The van der Waals surface area contributed by atoms with Gasteiger partial charge in [0.2, 0.25) is 0 Å². The molecule has 0 bridgehead atoms. The standard InChI is InChI=1S/C14H12F2N2O2/c15-10-5-9(14(17)18)6-11(16)13(10)20-12-4-2-1-3-8(12)7-19/h1-6,19H,7H2,(H3,17,18). The van der Waals surface area contributed by atoms with Gasteiger partial charge in [0.05, 0.1) is 6.61 Å². The fourth-order valence-corrected chi connectivity index (χ4v) is 1.66. The molecular formula is C14H12F2N2O2. The van der Waals surface area contributed by atoms with Gasteiger partial charge in [-0.1, -0.05) is 18.2 Å². The molecule has 20 heavy (non-hydrogen) atoms. The van der Waals surface area contributed by atoms with Crippen LogP contribution in [0.5, 0.6) is 11.5 Å². The van der Waals surface area contributed by atoms with Crippen molar-refractivity contribution >= 4 is 5.84 Å². The smallest absolute Gasteiger partial charge is 0.198 e. The van der Waals surface area contributed by atoms with Crippen LogP contribution in [0.3, 0.4) is 0 Å². The molecule has 0 fully saturated rings. The molecule has 104 valence electrons. The van der Waals surface area contributed by atoms with Crippen molar-refractivity contribution in [3.05, 3.63) is 59.2 Å². The maximum absolute atomic E-state index is 13.8. The first kappa shape index (κ1) is 14.0. The van der Waals surface area contributed by atoms with Gasteiger partial charge in [0.25, 0.3) is 0 Å². The van der Waals surface area contributed by atoms with Crippen LogP contribution in [0.2, 0.25) is 0 Å². The number of hydrogen-bond donors (Lipinski definition) is 3. The van der Waals surface area contributed by atoms with Crippen LogP contribution in [0.15, 0.2) is 36.4 Å². The van der Waals surface area contributed by atoms with Crippen LogP contribution in [0, 0.1) is 17.0 Å². The van der Waals surface area contributed by atoms with Crippen molar-refractivity contribution in [2.24, 2.45) is 5.73 Å². The number of aliphatic hydroxyl groups is 1. The number of benzene rings is 2. The molecule has 4 N–H and O–H groups in total. The second kappa shape index (κ2) is 5.66. The highest BCUT2D eigenvalue weighted by atomic mass is 19.1. The lowest BCUT2D eigenvalue weighted by atomic mass is 10.1. The molecule has 0 aliphatic rings. The molecule has 2 aromatic carbocycles. The van der Waals surface area contributed by atoms with Crippen LogP contribution in [0.4, 0.5) is 8.78 Å². The molecule has 0 atom stereocenters. The van der Waals surface area contributed by atoms with E-state index >= 15 is 0 Å². The van der Waals surface area contributed by atoms with Gasteiger partial charge in [-0.05, 0) is 18.2 Å². The van der Waals surface area contributed by atoms with Gasteiger partial charge >= 0.3 is 0 Å². The molecule has 4 nitrogen and oxygen atoms in total. The summed E-state index contributed by atoms with van der Waals surface area (Å²) in [5.41, 5.74) is 5.51.